The molecule has 0 radical (unpaired) electrons. The van der Waals surface area contributed by atoms with Gasteiger partial charge in [-0.1, -0.05) is 74.5 Å². The Balaban J connectivity index is 2.20. The first-order valence-electron chi connectivity index (χ1n) is 13.5. The number of alkyl carbamates (subject to hydrolysis) is 1. The number of amides is 3. The molecule has 1 unspecified atom stereocenters. The Kier molecular flexibility index (Phi) is 14.0. The maximum atomic E-state index is 13.7. The number of nitrogens with two attached hydrogens (primary N) is 3. The minimum Gasteiger partial charge on any atom is -0.445 e. The van der Waals surface area contributed by atoms with Crippen molar-refractivity contribution < 1.29 is 33.1 Å². The first-order valence-corrected chi connectivity index (χ1v) is 15.2. The Morgan fingerprint density at radius 3 is 2.10 bits per heavy atom. The molecule has 14 heteroatoms. The highest BCUT2D eigenvalue weighted by Gasteiger charge is 2.39. The number of nitrogens with one attached hydrogen (secondary N) is 2. The Bertz CT molecular complexity index is 1230. The molecule has 13 nitrogen and oxygen atoms in total. The van der Waals surface area contributed by atoms with Crippen LogP contribution in [0.1, 0.15) is 44.2 Å². The molecular weight excluding hydrogens is 563 g/mol. The van der Waals surface area contributed by atoms with E-state index < -0.39 is 43.4 Å². The van der Waals surface area contributed by atoms with Crippen LogP contribution < -0.4 is 27.8 Å². The van der Waals surface area contributed by atoms with Crippen molar-refractivity contribution in [1.82, 2.24) is 10.6 Å². The van der Waals surface area contributed by atoms with Gasteiger partial charge in [0, 0.05) is 13.0 Å². The molecule has 0 aliphatic rings. The second-order valence-electron chi connectivity index (χ2n) is 10.1. The lowest BCUT2D eigenvalue weighted by Crippen LogP contribution is -2.49. The highest BCUT2D eigenvalue weighted by Crippen LogP contribution is 2.49. The third kappa shape index (κ3) is 12.7. The van der Waals surface area contributed by atoms with Crippen LogP contribution in [0.4, 0.5) is 4.79 Å². The molecule has 0 aliphatic heterocycles. The van der Waals surface area contributed by atoms with Crippen LogP contribution >= 0.6 is 7.60 Å². The van der Waals surface area contributed by atoms with Gasteiger partial charge in [-0.2, -0.15) is 0 Å². The molecule has 2 rings (SSSR count). The van der Waals surface area contributed by atoms with E-state index in [0.29, 0.717) is 12.0 Å². The lowest BCUT2D eigenvalue weighted by atomic mass is 10.0. The van der Waals surface area contributed by atoms with E-state index in [0.717, 1.165) is 5.56 Å². The van der Waals surface area contributed by atoms with Crippen molar-refractivity contribution in [3.05, 3.63) is 71.8 Å². The van der Waals surface area contributed by atoms with Crippen molar-refractivity contribution in [2.45, 2.75) is 64.1 Å². The van der Waals surface area contributed by atoms with Crippen LogP contribution in [0.5, 0.6) is 0 Å². The summed E-state index contributed by atoms with van der Waals surface area (Å²) in [4.78, 5) is 52.9. The molecule has 0 bridgehead atoms. The average molecular weight is 605 g/mol. The summed E-state index contributed by atoms with van der Waals surface area (Å²) in [7, 11) is -4.72. The first kappa shape index (κ1) is 34.3. The fourth-order valence-electron chi connectivity index (χ4n) is 3.92. The molecule has 0 aromatic heterocycles. The van der Waals surface area contributed by atoms with E-state index in [1.165, 1.54) is 0 Å². The minimum absolute atomic E-state index is 0.0480. The summed E-state index contributed by atoms with van der Waals surface area (Å²) in [5.74, 6) is -3.29. The summed E-state index contributed by atoms with van der Waals surface area (Å²) in [6.45, 7) is 3.76. The van der Waals surface area contributed by atoms with Crippen LogP contribution in [0.3, 0.4) is 0 Å². The number of hydrogen-bond acceptors (Lipinski definition) is 7. The number of guanidine groups is 1. The zero-order valence-corrected chi connectivity index (χ0v) is 24.7. The normalized spacial score (nSPS) is 14.6. The standard InChI is InChI=1S/C28H41N6O7P/c1-19(2)16-23(26(36)33-22(25(29)35)14-9-15-32-27(30)31)41-42(38,39)24(17-20-10-5-3-6-11-20)34-28(37)40-18-21-12-7-4-8-13-21/h3-8,10-13,19,22-24H,9,14-18H2,1-2H3,(H2,29,35)(H,33,36)(H,34,37)(H,38,39)(H4,30,31,32)/t22-,23-,24+/m0/s1. The molecule has 0 saturated heterocycles. The molecule has 2 aromatic carbocycles. The minimum atomic E-state index is -4.72. The number of ether oxygens (including phenoxy) is 1. The SMILES string of the molecule is CC(C)C[C@H](OP(=O)(O)[C@H](Cc1ccccc1)NC(=O)OCc1ccccc1)C(=O)N[C@@H](CCCN=C(N)N)C(N)=O. The van der Waals surface area contributed by atoms with Crippen LogP contribution in [0.25, 0.3) is 0 Å². The van der Waals surface area contributed by atoms with Gasteiger partial charge in [-0.25, -0.2) is 4.79 Å². The molecule has 0 fully saturated rings. The van der Waals surface area contributed by atoms with Crippen LogP contribution in [-0.4, -0.2) is 53.2 Å². The Morgan fingerprint density at radius 2 is 1.55 bits per heavy atom. The maximum absolute atomic E-state index is 13.7. The van der Waals surface area contributed by atoms with Gasteiger partial charge >= 0.3 is 13.7 Å². The summed E-state index contributed by atoms with van der Waals surface area (Å²) in [6, 6.07) is 16.6. The van der Waals surface area contributed by atoms with Crippen molar-refractivity contribution in [3.63, 3.8) is 0 Å². The third-order valence-electron chi connectivity index (χ3n) is 6.02. The van der Waals surface area contributed by atoms with E-state index in [-0.39, 0.29) is 44.3 Å². The zero-order valence-electron chi connectivity index (χ0n) is 23.8. The summed E-state index contributed by atoms with van der Waals surface area (Å²) >= 11 is 0. The van der Waals surface area contributed by atoms with Crippen LogP contribution in [-0.2, 0) is 36.4 Å². The Morgan fingerprint density at radius 1 is 0.952 bits per heavy atom. The molecule has 0 heterocycles. The van der Waals surface area contributed by atoms with Gasteiger partial charge in [-0.15, -0.1) is 0 Å². The Labute approximate surface area is 245 Å². The van der Waals surface area contributed by atoms with Crippen molar-refractivity contribution in [1.29, 1.82) is 0 Å². The van der Waals surface area contributed by atoms with Crippen LogP contribution in [0.2, 0.25) is 0 Å². The molecule has 42 heavy (non-hydrogen) atoms. The van der Waals surface area contributed by atoms with Crippen LogP contribution in [0, 0.1) is 5.92 Å². The fourth-order valence-corrected chi connectivity index (χ4v) is 5.33. The van der Waals surface area contributed by atoms with Gasteiger partial charge in [0.25, 0.3) is 0 Å². The number of aliphatic imine (C=N–C) groups is 1. The molecule has 9 N–H and O–H groups in total. The molecule has 2 aromatic rings. The number of nitrogens with zero attached hydrogens (tertiary/aromatic N) is 1. The monoisotopic (exact) mass is 604 g/mol. The summed E-state index contributed by atoms with van der Waals surface area (Å²) in [5.41, 5.74) is 17.5. The van der Waals surface area contributed by atoms with E-state index in [1.807, 2.05) is 6.07 Å². The van der Waals surface area contributed by atoms with Gasteiger partial charge in [0.05, 0.1) is 0 Å². The van der Waals surface area contributed by atoms with E-state index in [9.17, 15) is 23.8 Å². The predicted octanol–water partition coefficient (Wildman–Crippen LogP) is 2.12. The predicted molar refractivity (Wildman–Crippen MR) is 159 cm³/mol. The van der Waals surface area contributed by atoms with E-state index in [4.69, 9.17) is 26.5 Å². The van der Waals surface area contributed by atoms with Crippen molar-refractivity contribution >= 4 is 31.5 Å². The third-order valence-corrected chi connectivity index (χ3v) is 7.68. The van der Waals surface area contributed by atoms with Crippen molar-refractivity contribution in [3.8, 4) is 0 Å². The van der Waals surface area contributed by atoms with E-state index in [2.05, 4.69) is 15.6 Å². The maximum Gasteiger partial charge on any atom is 0.408 e. The van der Waals surface area contributed by atoms with Gasteiger partial charge in [0.15, 0.2) is 5.96 Å². The number of hydrogen-bond donors (Lipinski definition) is 6. The van der Waals surface area contributed by atoms with Gasteiger partial charge in [-0.05, 0) is 36.3 Å². The largest absolute Gasteiger partial charge is 0.445 e. The van der Waals surface area contributed by atoms with Gasteiger partial charge < -0.3 is 37.5 Å². The second-order valence-corrected chi connectivity index (χ2v) is 12.1. The highest BCUT2D eigenvalue weighted by atomic mass is 31.2. The van der Waals surface area contributed by atoms with Crippen molar-refractivity contribution in [2.24, 2.45) is 28.1 Å². The molecule has 0 saturated carbocycles. The van der Waals surface area contributed by atoms with Gasteiger partial charge in [0.2, 0.25) is 11.8 Å². The second kappa shape index (κ2) is 17.1. The fraction of sp³-hybridized carbons (Fsp3) is 0.429. The Hall–Kier alpha value is -3.93. The molecule has 4 atom stereocenters. The van der Waals surface area contributed by atoms with E-state index >= 15 is 0 Å². The van der Waals surface area contributed by atoms with Gasteiger partial charge in [0.1, 0.15) is 24.5 Å². The smallest absolute Gasteiger partial charge is 0.408 e. The average Bonchev–Trinajstić information content (AvgIpc) is 2.93. The van der Waals surface area contributed by atoms with E-state index in [1.54, 1.807) is 68.4 Å². The molecule has 3 amide bonds. The summed E-state index contributed by atoms with van der Waals surface area (Å²) in [6.07, 6.45) is -1.92. The number of carbonyl (C=O) groups excluding carboxylic acids is 3. The number of benzene rings is 2. The molecule has 0 aliphatic carbocycles. The first-order chi connectivity index (χ1) is 19.9. The quantitative estimate of drug-likeness (QED) is 0.0672. The number of primary amides is 1. The van der Waals surface area contributed by atoms with Crippen molar-refractivity contribution in [2.75, 3.05) is 6.54 Å². The highest BCUT2D eigenvalue weighted by molar-refractivity contribution is 7.53. The number of rotatable bonds is 17. The molecule has 230 valence electrons. The summed E-state index contributed by atoms with van der Waals surface area (Å²) in [5, 5.41) is 4.94. The molecule has 0 spiro atoms. The zero-order chi connectivity index (χ0) is 31.1. The molecular formula is C28H41N6O7P. The topological polar surface area (TPSA) is 221 Å². The summed E-state index contributed by atoms with van der Waals surface area (Å²) < 4.78 is 24.5. The van der Waals surface area contributed by atoms with Crippen LogP contribution in [0.15, 0.2) is 65.7 Å². The van der Waals surface area contributed by atoms with Gasteiger partial charge in [-0.3, -0.25) is 23.7 Å². The number of carbonyl (C=O) groups is 3. The lowest BCUT2D eigenvalue weighted by molar-refractivity contribution is -0.133. The lowest BCUT2D eigenvalue weighted by Gasteiger charge is -2.28.